The van der Waals surface area contributed by atoms with Gasteiger partial charge in [-0.05, 0) is 25.5 Å². The molecule has 122 valence electrons. The highest BCUT2D eigenvalue weighted by Crippen LogP contribution is 2.26. The molecule has 0 bridgehead atoms. The molecule has 0 spiro atoms. The molecule has 1 saturated heterocycles. The standard InChI is InChI=1S/C13H20N4O3S2/c1-3-20-13(19)17-7-5-9(6-8-17)10(18)14-11-15-16-12(22-11)21-4-2/h9H,3-8H2,1-2H3,(H,14,15,18). The summed E-state index contributed by atoms with van der Waals surface area (Å²) >= 11 is 2.99. The summed E-state index contributed by atoms with van der Waals surface area (Å²) in [7, 11) is 0. The minimum atomic E-state index is -0.299. The second-order valence-electron chi connectivity index (χ2n) is 4.76. The van der Waals surface area contributed by atoms with E-state index < -0.39 is 0 Å². The number of aromatic nitrogens is 2. The van der Waals surface area contributed by atoms with E-state index in [0.29, 0.717) is 37.7 Å². The fourth-order valence-electron chi connectivity index (χ4n) is 2.19. The molecule has 0 atom stereocenters. The zero-order valence-corrected chi connectivity index (χ0v) is 14.3. The zero-order valence-electron chi connectivity index (χ0n) is 12.7. The van der Waals surface area contributed by atoms with Crippen molar-refractivity contribution in [3.05, 3.63) is 0 Å². The van der Waals surface area contributed by atoms with Crippen molar-refractivity contribution in [3.63, 3.8) is 0 Å². The maximum absolute atomic E-state index is 12.2. The Hall–Kier alpha value is -1.35. The fourth-order valence-corrected chi connectivity index (χ4v) is 3.84. The van der Waals surface area contributed by atoms with E-state index in [2.05, 4.69) is 15.5 Å². The van der Waals surface area contributed by atoms with Crippen molar-refractivity contribution in [2.24, 2.45) is 5.92 Å². The number of hydrogen-bond donors (Lipinski definition) is 1. The Bertz CT molecular complexity index is 515. The maximum atomic E-state index is 12.2. The summed E-state index contributed by atoms with van der Waals surface area (Å²) < 4.78 is 5.82. The van der Waals surface area contributed by atoms with Crippen LogP contribution in [0.15, 0.2) is 4.34 Å². The van der Waals surface area contributed by atoms with Crippen LogP contribution >= 0.6 is 23.1 Å². The minimum Gasteiger partial charge on any atom is -0.450 e. The van der Waals surface area contributed by atoms with Gasteiger partial charge in [-0.3, -0.25) is 4.79 Å². The molecule has 0 unspecified atom stereocenters. The second-order valence-corrected chi connectivity index (χ2v) is 7.24. The summed E-state index contributed by atoms with van der Waals surface area (Å²) in [6, 6.07) is 0. The number of amides is 2. The Morgan fingerprint density at radius 3 is 2.73 bits per heavy atom. The van der Waals surface area contributed by atoms with Crippen molar-refractivity contribution in [3.8, 4) is 0 Å². The molecular formula is C13H20N4O3S2. The Morgan fingerprint density at radius 1 is 1.36 bits per heavy atom. The van der Waals surface area contributed by atoms with Crippen LogP contribution in [-0.2, 0) is 9.53 Å². The molecule has 7 nitrogen and oxygen atoms in total. The quantitative estimate of drug-likeness (QED) is 0.652. The number of nitrogens with one attached hydrogen (secondary N) is 1. The van der Waals surface area contributed by atoms with Gasteiger partial charge in [0.2, 0.25) is 11.0 Å². The van der Waals surface area contributed by atoms with Crippen molar-refractivity contribution in [2.45, 2.75) is 31.0 Å². The summed E-state index contributed by atoms with van der Waals surface area (Å²) in [5.74, 6) is 0.777. The van der Waals surface area contributed by atoms with Gasteiger partial charge < -0.3 is 15.0 Å². The van der Waals surface area contributed by atoms with Crippen LogP contribution in [0.25, 0.3) is 0 Å². The first-order valence-electron chi connectivity index (χ1n) is 7.32. The van der Waals surface area contributed by atoms with Crippen molar-refractivity contribution >= 4 is 40.2 Å². The third-order valence-electron chi connectivity index (χ3n) is 3.30. The molecule has 0 radical (unpaired) electrons. The van der Waals surface area contributed by atoms with Gasteiger partial charge in [0, 0.05) is 19.0 Å². The van der Waals surface area contributed by atoms with Gasteiger partial charge in [-0.15, -0.1) is 10.2 Å². The number of nitrogens with zero attached hydrogens (tertiary/aromatic N) is 3. The van der Waals surface area contributed by atoms with Gasteiger partial charge in [-0.1, -0.05) is 30.0 Å². The van der Waals surface area contributed by atoms with E-state index in [1.54, 1.807) is 23.6 Å². The first-order chi connectivity index (χ1) is 10.6. The molecule has 1 aliphatic heterocycles. The van der Waals surface area contributed by atoms with Crippen LogP contribution in [-0.4, -0.2) is 52.5 Å². The third kappa shape index (κ3) is 4.57. The molecule has 1 fully saturated rings. The number of carbonyl (C=O) groups excluding carboxylic acids is 2. The minimum absolute atomic E-state index is 0.0484. The first-order valence-corrected chi connectivity index (χ1v) is 9.13. The molecule has 1 aromatic rings. The third-order valence-corrected chi connectivity index (χ3v) is 5.15. The average Bonchev–Trinajstić information content (AvgIpc) is 2.95. The normalized spacial score (nSPS) is 15.6. The number of carbonyl (C=O) groups is 2. The molecule has 0 saturated carbocycles. The first kappa shape index (κ1) is 17.0. The molecule has 9 heteroatoms. The van der Waals surface area contributed by atoms with Crippen molar-refractivity contribution in [1.29, 1.82) is 0 Å². The average molecular weight is 344 g/mol. The molecule has 2 rings (SSSR count). The molecule has 2 amide bonds. The number of piperidine rings is 1. The van der Waals surface area contributed by atoms with Gasteiger partial charge in [-0.2, -0.15) is 0 Å². The summed E-state index contributed by atoms with van der Waals surface area (Å²) in [5.41, 5.74) is 0. The van der Waals surface area contributed by atoms with Gasteiger partial charge >= 0.3 is 6.09 Å². The van der Waals surface area contributed by atoms with E-state index in [4.69, 9.17) is 4.74 Å². The molecule has 2 heterocycles. The highest BCUT2D eigenvalue weighted by molar-refractivity contribution is 8.01. The summed E-state index contributed by atoms with van der Waals surface area (Å²) in [5, 5.41) is 11.3. The number of ether oxygens (including phenoxy) is 1. The highest BCUT2D eigenvalue weighted by atomic mass is 32.2. The maximum Gasteiger partial charge on any atom is 0.409 e. The largest absolute Gasteiger partial charge is 0.450 e. The number of hydrogen-bond acceptors (Lipinski definition) is 7. The Kier molecular flexibility index (Phi) is 6.44. The lowest BCUT2D eigenvalue weighted by atomic mass is 9.96. The predicted molar refractivity (Wildman–Crippen MR) is 86.3 cm³/mol. The van der Waals surface area contributed by atoms with E-state index in [0.717, 1.165) is 10.1 Å². The van der Waals surface area contributed by atoms with Gasteiger partial charge in [0.15, 0.2) is 4.34 Å². The Labute approximate surface area is 137 Å². The van der Waals surface area contributed by atoms with Gasteiger partial charge in [0.05, 0.1) is 6.61 Å². The summed E-state index contributed by atoms with van der Waals surface area (Å²) in [6.07, 6.45) is 0.978. The zero-order chi connectivity index (χ0) is 15.9. The number of likely N-dealkylation sites (tertiary alicyclic amines) is 1. The van der Waals surface area contributed by atoms with E-state index >= 15 is 0 Å². The highest BCUT2D eigenvalue weighted by Gasteiger charge is 2.28. The van der Waals surface area contributed by atoms with E-state index in [1.807, 2.05) is 6.92 Å². The van der Waals surface area contributed by atoms with Crippen LogP contribution in [0, 0.1) is 5.92 Å². The van der Waals surface area contributed by atoms with Crippen LogP contribution in [0.2, 0.25) is 0 Å². The van der Waals surface area contributed by atoms with Gasteiger partial charge in [-0.25, -0.2) is 4.79 Å². The van der Waals surface area contributed by atoms with Crippen LogP contribution in [0.5, 0.6) is 0 Å². The van der Waals surface area contributed by atoms with Crippen LogP contribution in [0.1, 0.15) is 26.7 Å². The predicted octanol–water partition coefficient (Wildman–Crippen LogP) is 2.46. The van der Waals surface area contributed by atoms with Crippen LogP contribution in [0.3, 0.4) is 0 Å². The van der Waals surface area contributed by atoms with Gasteiger partial charge in [0.25, 0.3) is 0 Å². The topological polar surface area (TPSA) is 84.4 Å². The number of rotatable bonds is 5. The number of anilines is 1. The molecule has 1 aliphatic rings. The SMILES string of the molecule is CCOC(=O)N1CCC(C(=O)Nc2nnc(SCC)s2)CC1. The molecule has 0 aromatic carbocycles. The Morgan fingerprint density at radius 2 is 2.09 bits per heavy atom. The molecular weight excluding hydrogens is 324 g/mol. The molecule has 22 heavy (non-hydrogen) atoms. The van der Waals surface area contributed by atoms with Crippen LogP contribution in [0.4, 0.5) is 9.93 Å². The molecule has 0 aliphatic carbocycles. The van der Waals surface area contributed by atoms with E-state index in [9.17, 15) is 9.59 Å². The van der Waals surface area contributed by atoms with Crippen molar-refractivity contribution in [2.75, 3.05) is 30.8 Å². The molecule has 1 N–H and O–H groups in total. The summed E-state index contributed by atoms with van der Waals surface area (Å²) in [4.78, 5) is 25.5. The van der Waals surface area contributed by atoms with Crippen molar-refractivity contribution < 1.29 is 14.3 Å². The lowest BCUT2D eigenvalue weighted by Gasteiger charge is -2.30. The summed E-state index contributed by atoms with van der Waals surface area (Å²) in [6.45, 7) is 5.29. The lowest BCUT2D eigenvalue weighted by molar-refractivity contribution is -0.121. The second kappa shape index (κ2) is 8.33. The molecule has 1 aromatic heterocycles. The smallest absolute Gasteiger partial charge is 0.409 e. The van der Waals surface area contributed by atoms with Gasteiger partial charge in [0.1, 0.15) is 0 Å². The fraction of sp³-hybridized carbons (Fsp3) is 0.692. The Balaban J connectivity index is 1.80. The van der Waals surface area contributed by atoms with Crippen molar-refractivity contribution in [1.82, 2.24) is 15.1 Å². The number of thioether (sulfide) groups is 1. The lowest BCUT2D eigenvalue weighted by Crippen LogP contribution is -2.41. The van der Waals surface area contributed by atoms with E-state index in [1.165, 1.54) is 11.3 Å². The van der Waals surface area contributed by atoms with E-state index in [-0.39, 0.29) is 17.9 Å². The monoisotopic (exact) mass is 344 g/mol. The van der Waals surface area contributed by atoms with Crippen LogP contribution < -0.4 is 5.32 Å².